The number of hydrogen-bond acceptors (Lipinski definition) is 3. The van der Waals surface area contributed by atoms with Gasteiger partial charge >= 0.3 is 0 Å². The molecule has 170 valence electrons. The van der Waals surface area contributed by atoms with E-state index in [9.17, 15) is 0 Å². The molecule has 1 aliphatic carbocycles. The van der Waals surface area contributed by atoms with E-state index in [4.69, 9.17) is 0 Å². The molecule has 1 aromatic rings. The summed E-state index contributed by atoms with van der Waals surface area (Å²) in [5.41, 5.74) is 6.15. The summed E-state index contributed by atoms with van der Waals surface area (Å²) in [4.78, 5) is 5.27. The molecule has 3 nitrogen and oxygen atoms in total. The Labute approximate surface area is 191 Å². The summed E-state index contributed by atoms with van der Waals surface area (Å²) < 4.78 is 0. The van der Waals surface area contributed by atoms with E-state index < -0.39 is 0 Å². The van der Waals surface area contributed by atoms with E-state index in [0.717, 1.165) is 25.6 Å². The van der Waals surface area contributed by atoms with Gasteiger partial charge in [0.1, 0.15) is 0 Å². The first-order valence-corrected chi connectivity index (χ1v) is 12.0. The van der Waals surface area contributed by atoms with Crippen molar-refractivity contribution in [3.63, 3.8) is 0 Å². The molecule has 3 rings (SSSR count). The third kappa shape index (κ3) is 6.40. The second-order valence-corrected chi connectivity index (χ2v) is 10.0. The highest BCUT2D eigenvalue weighted by Gasteiger charge is 2.28. The predicted octanol–water partition coefficient (Wildman–Crippen LogP) is 6.69. The van der Waals surface area contributed by atoms with Crippen LogP contribution in [0.5, 0.6) is 0 Å². The molecule has 0 aromatic heterocycles. The second kappa shape index (κ2) is 11.4. The first-order chi connectivity index (χ1) is 13.9. The molecule has 1 unspecified atom stereocenters. The molecule has 0 amide bonds. The van der Waals surface area contributed by atoms with Gasteiger partial charge in [-0.1, -0.05) is 46.3 Å². The van der Waals surface area contributed by atoms with E-state index in [0.29, 0.717) is 5.41 Å². The maximum Gasteiger partial charge on any atom is 0.0464 e. The monoisotopic (exact) mass is 433 g/mol. The number of anilines is 2. The van der Waals surface area contributed by atoms with Crippen LogP contribution in [0, 0.1) is 11.3 Å². The van der Waals surface area contributed by atoms with Crippen molar-refractivity contribution in [2.75, 3.05) is 49.5 Å². The minimum Gasteiger partial charge on any atom is -0.385 e. The first-order valence-electron chi connectivity index (χ1n) is 12.0. The summed E-state index contributed by atoms with van der Waals surface area (Å²) in [5.74, 6) is 0.804. The Bertz CT molecular complexity index is 684. The van der Waals surface area contributed by atoms with Gasteiger partial charge in [-0.25, -0.2) is 0 Å². The van der Waals surface area contributed by atoms with Gasteiger partial charge in [-0.15, -0.1) is 12.4 Å². The van der Waals surface area contributed by atoms with Gasteiger partial charge in [0, 0.05) is 49.7 Å². The Kier molecular flexibility index (Phi) is 9.56. The summed E-state index contributed by atoms with van der Waals surface area (Å²) in [6.07, 6.45) is 8.91. The average molecular weight is 434 g/mol. The summed E-state index contributed by atoms with van der Waals surface area (Å²) in [6, 6.07) is 7.05. The molecule has 1 aliphatic heterocycles. The zero-order chi connectivity index (χ0) is 20.9. The lowest BCUT2D eigenvalue weighted by molar-refractivity contribution is 0.225. The summed E-state index contributed by atoms with van der Waals surface area (Å²) in [6.45, 7) is 18.5. The third-order valence-corrected chi connectivity index (χ3v) is 6.90. The quantitative estimate of drug-likeness (QED) is 0.516. The Morgan fingerprint density at radius 1 is 1.07 bits per heavy atom. The normalized spacial score (nSPS) is 20.5. The molecule has 1 atom stereocenters. The van der Waals surface area contributed by atoms with Crippen molar-refractivity contribution in [1.82, 2.24) is 4.90 Å². The molecule has 30 heavy (non-hydrogen) atoms. The van der Waals surface area contributed by atoms with E-state index in [2.05, 4.69) is 74.0 Å². The van der Waals surface area contributed by atoms with Gasteiger partial charge in [0.05, 0.1) is 0 Å². The highest BCUT2D eigenvalue weighted by molar-refractivity contribution is 5.85. The van der Waals surface area contributed by atoms with Crippen LogP contribution in [0.15, 0.2) is 24.3 Å². The van der Waals surface area contributed by atoms with Gasteiger partial charge in [0.25, 0.3) is 0 Å². The van der Waals surface area contributed by atoms with E-state index in [1.54, 1.807) is 5.57 Å². The zero-order valence-corrected chi connectivity index (χ0v) is 20.8. The van der Waals surface area contributed by atoms with Crippen molar-refractivity contribution < 1.29 is 0 Å². The van der Waals surface area contributed by atoms with Crippen molar-refractivity contribution in [1.29, 1.82) is 0 Å². The van der Waals surface area contributed by atoms with Gasteiger partial charge in [0.2, 0.25) is 0 Å². The largest absolute Gasteiger partial charge is 0.385 e. The SMILES string of the molecule is CCCCN1CCN(c2cc(NCC)ccc2C2=CCC(C(C)(C)C)CC2)CC1.Cl. The molecule has 1 N–H and O–H groups in total. The molecule has 0 spiro atoms. The van der Waals surface area contributed by atoms with Crippen LogP contribution in [0.4, 0.5) is 11.4 Å². The fourth-order valence-electron chi connectivity index (χ4n) is 4.84. The summed E-state index contributed by atoms with van der Waals surface area (Å²) in [7, 11) is 0. The number of hydrogen-bond donors (Lipinski definition) is 1. The Hall–Kier alpha value is -1.19. The molecule has 1 heterocycles. The molecule has 0 radical (unpaired) electrons. The van der Waals surface area contributed by atoms with Crippen LogP contribution >= 0.6 is 12.4 Å². The van der Waals surface area contributed by atoms with Crippen molar-refractivity contribution in [3.05, 3.63) is 29.8 Å². The minimum atomic E-state index is 0. The Balaban J connectivity index is 0.00000320. The van der Waals surface area contributed by atoms with Crippen molar-refractivity contribution in [2.45, 2.75) is 66.7 Å². The number of unbranched alkanes of at least 4 members (excludes halogenated alkanes) is 1. The smallest absolute Gasteiger partial charge is 0.0464 e. The van der Waals surface area contributed by atoms with E-state index in [-0.39, 0.29) is 12.4 Å². The first kappa shape index (κ1) is 25.1. The number of piperazine rings is 1. The molecule has 0 saturated carbocycles. The maximum atomic E-state index is 3.52. The lowest BCUT2D eigenvalue weighted by atomic mass is 9.72. The number of allylic oxidation sites excluding steroid dienone is 2. The summed E-state index contributed by atoms with van der Waals surface area (Å²) >= 11 is 0. The standard InChI is InChI=1S/C26H43N3.ClH/c1-6-8-15-28-16-18-29(19-17-28)25-20-23(27-7-2)13-14-24(25)21-9-11-22(12-10-21)26(3,4)5;/h9,13-14,20,22,27H,6-8,10-12,15-19H2,1-5H3;1H. The van der Waals surface area contributed by atoms with E-state index in [1.807, 2.05) is 0 Å². The number of benzene rings is 1. The maximum absolute atomic E-state index is 3.52. The highest BCUT2D eigenvalue weighted by Crippen LogP contribution is 2.42. The average Bonchev–Trinajstić information content (AvgIpc) is 2.72. The Morgan fingerprint density at radius 3 is 2.37 bits per heavy atom. The molecule has 2 aliphatic rings. The second-order valence-electron chi connectivity index (χ2n) is 10.0. The molecule has 0 bridgehead atoms. The lowest BCUT2D eigenvalue weighted by Gasteiger charge is -2.38. The fourth-order valence-corrected chi connectivity index (χ4v) is 4.84. The lowest BCUT2D eigenvalue weighted by Crippen LogP contribution is -2.46. The van der Waals surface area contributed by atoms with E-state index in [1.165, 1.54) is 68.7 Å². The zero-order valence-electron chi connectivity index (χ0n) is 20.0. The van der Waals surface area contributed by atoms with E-state index >= 15 is 0 Å². The van der Waals surface area contributed by atoms with Crippen LogP contribution in [-0.4, -0.2) is 44.2 Å². The van der Waals surface area contributed by atoms with Crippen molar-refractivity contribution >= 4 is 29.4 Å². The van der Waals surface area contributed by atoms with Gasteiger partial charge in [-0.05, 0) is 68.2 Å². The number of nitrogens with one attached hydrogen (secondary N) is 1. The summed E-state index contributed by atoms with van der Waals surface area (Å²) in [5, 5.41) is 3.52. The molecular formula is C26H44ClN3. The predicted molar refractivity (Wildman–Crippen MR) is 136 cm³/mol. The van der Waals surface area contributed by atoms with Crippen LogP contribution in [0.1, 0.15) is 72.3 Å². The molecule has 1 aromatic carbocycles. The fraction of sp³-hybridized carbons (Fsp3) is 0.692. The van der Waals surface area contributed by atoms with Crippen LogP contribution in [0.2, 0.25) is 0 Å². The van der Waals surface area contributed by atoms with Crippen LogP contribution in [0.25, 0.3) is 5.57 Å². The number of halogens is 1. The van der Waals surface area contributed by atoms with Crippen molar-refractivity contribution in [2.24, 2.45) is 11.3 Å². The van der Waals surface area contributed by atoms with Crippen molar-refractivity contribution in [3.8, 4) is 0 Å². The van der Waals surface area contributed by atoms with Gasteiger partial charge in [0.15, 0.2) is 0 Å². The van der Waals surface area contributed by atoms with Crippen LogP contribution in [-0.2, 0) is 0 Å². The Morgan fingerprint density at radius 2 is 1.80 bits per heavy atom. The van der Waals surface area contributed by atoms with Crippen LogP contribution in [0.3, 0.4) is 0 Å². The highest BCUT2D eigenvalue weighted by atomic mass is 35.5. The van der Waals surface area contributed by atoms with Gasteiger partial charge in [-0.2, -0.15) is 0 Å². The number of rotatable bonds is 7. The van der Waals surface area contributed by atoms with Crippen LogP contribution < -0.4 is 10.2 Å². The molecule has 1 fully saturated rings. The number of nitrogens with zero attached hydrogens (tertiary/aromatic N) is 2. The van der Waals surface area contributed by atoms with Gasteiger partial charge < -0.3 is 10.2 Å². The molecular weight excluding hydrogens is 390 g/mol. The topological polar surface area (TPSA) is 18.5 Å². The molecule has 4 heteroatoms. The van der Waals surface area contributed by atoms with Gasteiger partial charge in [-0.3, -0.25) is 4.90 Å². The molecule has 1 saturated heterocycles. The third-order valence-electron chi connectivity index (χ3n) is 6.90. The minimum absolute atomic E-state index is 0.